The molecule has 1 aromatic carbocycles. The topological polar surface area (TPSA) is 88.6 Å². The van der Waals surface area contributed by atoms with E-state index >= 15 is 0 Å². The molecule has 1 aliphatic heterocycles. The van der Waals surface area contributed by atoms with Crippen LogP contribution in [0.25, 0.3) is 0 Å². The molecule has 0 atom stereocenters. The maximum Gasteiger partial charge on any atom is 0.269 e. The van der Waals surface area contributed by atoms with Crippen LogP contribution in [0, 0.1) is 3.57 Å². The second-order valence-electron chi connectivity index (χ2n) is 4.61. The molecule has 0 saturated heterocycles. The molecule has 0 spiro atoms. The van der Waals surface area contributed by atoms with Gasteiger partial charge in [-0.15, -0.1) is 0 Å². The highest BCUT2D eigenvalue weighted by atomic mass is 127. The minimum absolute atomic E-state index is 0.00208. The van der Waals surface area contributed by atoms with Crippen LogP contribution in [0.4, 0.5) is 0 Å². The first-order valence-corrected chi connectivity index (χ1v) is 10.6. The third kappa shape index (κ3) is 3.24. The molecule has 9 heteroatoms. The number of rotatable bonds is 5. The second-order valence-corrected chi connectivity index (χ2v) is 10.2. The van der Waals surface area contributed by atoms with Gasteiger partial charge in [0.2, 0.25) is 0 Å². The van der Waals surface area contributed by atoms with Crippen LogP contribution in [0.5, 0.6) is 0 Å². The SMILES string of the molecule is CCS(=O)(=O)CCCN1C(=O)c2ccc(I)cc2S1(=O)=O. The van der Waals surface area contributed by atoms with Crippen molar-refractivity contribution in [2.24, 2.45) is 0 Å². The summed E-state index contributed by atoms with van der Waals surface area (Å²) >= 11 is 1.97. The number of sulfonamides is 1. The van der Waals surface area contributed by atoms with Crippen LogP contribution in [-0.2, 0) is 19.9 Å². The predicted molar refractivity (Wildman–Crippen MR) is 86.3 cm³/mol. The third-order valence-electron chi connectivity index (χ3n) is 3.23. The molecular weight excluding hydrogens is 429 g/mol. The first-order valence-electron chi connectivity index (χ1n) is 6.26. The first kappa shape index (κ1) is 16.7. The summed E-state index contributed by atoms with van der Waals surface area (Å²) in [6.07, 6.45) is 0.103. The van der Waals surface area contributed by atoms with Crippen molar-refractivity contribution in [2.75, 3.05) is 18.1 Å². The molecule has 116 valence electrons. The van der Waals surface area contributed by atoms with Crippen molar-refractivity contribution in [3.05, 3.63) is 27.3 Å². The van der Waals surface area contributed by atoms with E-state index < -0.39 is 25.8 Å². The average Bonchev–Trinajstić information content (AvgIpc) is 2.59. The van der Waals surface area contributed by atoms with Gasteiger partial charge in [-0.2, -0.15) is 0 Å². The molecule has 0 bridgehead atoms. The van der Waals surface area contributed by atoms with Gasteiger partial charge in [0.25, 0.3) is 15.9 Å². The summed E-state index contributed by atoms with van der Waals surface area (Å²) < 4.78 is 49.0. The molecule has 1 amide bonds. The van der Waals surface area contributed by atoms with Crippen molar-refractivity contribution in [1.82, 2.24) is 4.31 Å². The van der Waals surface area contributed by atoms with Gasteiger partial charge in [0.05, 0.1) is 11.3 Å². The van der Waals surface area contributed by atoms with Gasteiger partial charge in [0, 0.05) is 15.9 Å². The van der Waals surface area contributed by atoms with E-state index in [-0.39, 0.29) is 34.9 Å². The van der Waals surface area contributed by atoms with Crippen molar-refractivity contribution in [2.45, 2.75) is 18.2 Å². The number of amides is 1. The van der Waals surface area contributed by atoms with Crippen LogP contribution in [0.2, 0.25) is 0 Å². The summed E-state index contributed by atoms with van der Waals surface area (Å²) in [4.78, 5) is 12.1. The van der Waals surface area contributed by atoms with Gasteiger partial charge in [-0.3, -0.25) is 4.79 Å². The Morgan fingerprint density at radius 1 is 1.29 bits per heavy atom. The quantitative estimate of drug-likeness (QED) is 0.640. The molecule has 1 aromatic rings. The van der Waals surface area contributed by atoms with E-state index in [1.807, 2.05) is 22.6 Å². The maximum absolute atomic E-state index is 12.3. The normalized spacial score (nSPS) is 17.0. The predicted octanol–water partition coefficient (Wildman–Crippen LogP) is 1.26. The summed E-state index contributed by atoms with van der Waals surface area (Å²) in [6.45, 7) is 1.41. The van der Waals surface area contributed by atoms with E-state index in [1.54, 1.807) is 6.07 Å². The zero-order chi connectivity index (χ0) is 15.8. The lowest BCUT2D eigenvalue weighted by atomic mass is 10.2. The van der Waals surface area contributed by atoms with Crippen LogP contribution in [0.3, 0.4) is 0 Å². The Hall–Kier alpha value is -0.680. The van der Waals surface area contributed by atoms with Gasteiger partial charge in [-0.05, 0) is 47.2 Å². The average molecular weight is 443 g/mol. The van der Waals surface area contributed by atoms with Gasteiger partial charge in [-0.1, -0.05) is 6.92 Å². The Morgan fingerprint density at radius 2 is 1.95 bits per heavy atom. The molecule has 0 aromatic heterocycles. The number of nitrogens with zero attached hydrogens (tertiary/aromatic N) is 1. The summed E-state index contributed by atoms with van der Waals surface area (Å²) in [6, 6.07) is 4.60. The van der Waals surface area contributed by atoms with Gasteiger partial charge in [-0.25, -0.2) is 21.1 Å². The van der Waals surface area contributed by atoms with Gasteiger partial charge in [0.1, 0.15) is 14.7 Å². The number of sulfone groups is 1. The first-order chi connectivity index (χ1) is 9.69. The Balaban J connectivity index is 2.22. The van der Waals surface area contributed by atoms with Gasteiger partial charge in [0.15, 0.2) is 0 Å². The lowest BCUT2D eigenvalue weighted by Gasteiger charge is -2.14. The zero-order valence-corrected chi connectivity index (χ0v) is 15.0. The lowest BCUT2D eigenvalue weighted by Crippen LogP contribution is -2.32. The zero-order valence-electron chi connectivity index (χ0n) is 11.2. The molecule has 2 rings (SSSR count). The smallest absolute Gasteiger partial charge is 0.268 e. The number of carbonyl (C=O) groups is 1. The van der Waals surface area contributed by atoms with Crippen molar-refractivity contribution in [1.29, 1.82) is 0 Å². The molecule has 1 aliphatic rings. The van der Waals surface area contributed by atoms with Crippen molar-refractivity contribution in [3.8, 4) is 0 Å². The second kappa shape index (κ2) is 5.84. The number of carbonyl (C=O) groups excluding carboxylic acids is 1. The molecule has 0 fully saturated rings. The van der Waals surface area contributed by atoms with E-state index in [0.29, 0.717) is 0 Å². The molecule has 0 aliphatic carbocycles. The molecular formula is C12H14INO5S2. The highest BCUT2D eigenvalue weighted by Crippen LogP contribution is 2.31. The molecule has 6 nitrogen and oxygen atoms in total. The largest absolute Gasteiger partial charge is 0.269 e. The van der Waals surface area contributed by atoms with Crippen LogP contribution < -0.4 is 0 Å². The van der Waals surface area contributed by atoms with Crippen molar-refractivity contribution >= 4 is 48.4 Å². The van der Waals surface area contributed by atoms with E-state index in [4.69, 9.17) is 0 Å². The minimum Gasteiger partial charge on any atom is -0.268 e. The van der Waals surface area contributed by atoms with Crippen LogP contribution >= 0.6 is 22.6 Å². The van der Waals surface area contributed by atoms with E-state index in [1.165, 1.54) is 19.1 Å². The number of fused-ring (bicyclic) bond motifs is 1. The molecule has 21 heavy (non-hydrogen) atoms. The van der Waals surface area contributed by atoms with Crippen LogP contribution in [0.1, 0.15) is 23.7 Å². The Bertz CT molecular complexity index is 786. The third-order valence-corrected chi connectivity index (χ3v) is 7.51. The van der Waals surface area contributed by atoms with Gasteiger partial charge < -0.3 is 0 Å². The maximum atomic E-state index is 12.3. The number of hydrogen-bond acceptors (Lipinski definition) is 5. The van der Waals surface area contributed by atoms with E-state index in [2.05, 4.69) is 0 Å². The van der Waals surface area contributed by atoms with Crippen LogP contribution in [0.15, 0.2) is 23.1 Å². The van der Waals surface area contributed by atoms with Crippen molar-refractivity contribution in [3.63, 3.8) is 0 Å². The fourth-order valence-corrected chi connectivity index (χ4v) is 5.24. The monoisotopic (exact) mass is 443 g/mol. The minimum atomic E-state index is -3.86. The molecule has 0 N–H and O–H groups in total. The highest BCUT2D eigenvalue weighted by molar-refractivity contribution is 14.1. The highest BCUT2D eigenvalue weighted by Gasteiger charge is 2.40. The molecule has 1 heterocycles. The number of hydrogen-bond donors (Lipinski definition) is 0. The van der Waals surface area contributed by atoms with E-state index in [9.17, 15) is 21.6 Å². The summed E-state index contributed by atoms with van der Waals surface area (Å²) in [5, 5.41) is 0. The number of benzene rings is 1. The molecule has 0 unspecified atom stereocenters. The fraction of sp³-hybridized carbons (Fsp3) is 0.417. The van der Waals surface area contributed by atoms with Crippen LogP contribution in [-0.4, -0.2) is 45.1 Å². The summed E-state index contributed by atoms with van der Waals surface area (Å²) in [5.41, 5.74) is 0.147. The van der Waals surface area contributed by atoms with Gasteiger partial charge >= 0.3 is 0 Å². The standard InChI is InChI=1S/C12H14INO5S2/c1-2-20(16,17)7-3-6-14-12(15)10-5-4-9(13)8-11(10)21(14,18)19/h4-5,8H,2-3,6-7H2,1H3. The summed E-state index contributed by atoms with van der Waals surface area (Å²) in [5.74, 6) is -0.710. The summed E-state index contributed by atoms with van der Waals surface area (Å²) in [7, 11) is -7.03. The lowest BCUT2D eigenvalue weighted by molar-refractivity contribution is 0.0871. The molecule has 0 saturated carbocycles. The fourth-order valence-electron chi connectivity index (χ4n) is 2.04. The Labute approximate surface area is 137 Å². The van der Waals surface area contributed by atoms with E-state index in [0.717, 1.165) is 7.88 Å². The Kier molecular flexibility index (Phi) is 4.64. The Morgan fingerprint density at radius 3 is 2.57 bits per heavy atom. The number of halogens is 1. The van der Waals surface area contributed by atoms with Crippen molar-refractivity contribution < 1.29 is 21.6 Å². The molecule has 0 radical (unpaired) electrons.